The van der Waals surface area contributed by atoms with E-state index in [1.807, 2.05) is 0 Å². The van der Waals surface area contributed by atoms with Gasteiger partial charge < -0.3 is 10.2 Å². The van der Waals surface area contributed by atoms with Crippen molar-refractivity contribution in [2.75, 3.05) is 26.2 Å². The zero-order chi connectivity index (χ0) is 15.5. The van der Waals surface area contributed by atoms with Crippen molar-refractivity contribution in [3.05, 3.63) is 34.4 Å². The summed E-state index contributed by atoms with van der Waals surface area (Å²) in [7, 11) is 0. The van der Waals surface area contributed by atoms with Crippen LogP contribution in [0, 0.1) is 19.8 Å². The Morgan fingerprint density at radius 1 is 1.18 bits per heavy atom. The number of hydrogen-bond acceptors (Lipinski definition) is 2. The summed E-state index contributed by atoms with van der Waals surface area (Å²) in [4.78, 5) is 14.8. The van der Waals surface area contributed by atoms with Gasteiger partial charge in [-0.2, -0.15) is 0 Å². The zero-order valence-corrected chi connectivity index (χ0v) is 14.0. The quantitative estimate of drug-likeness (QED) is 0.910. The minimum Gasteiger partial charge on any atom is -0.342 e. The second-order valence-corrected chi connectivity index (χ2v) is 7.04. The summed E-state index contributed by atoms with van der Waals surface area (Å²) >= 11 is 0. The van der Waals surface area contributed by atoms with Gasteiger partial charge in [-0.3, -0.25) is 4.79 Å². The van der Waals surface area contributed by atoms with Gasteiger partial charge in [-0.05, 0) is 74.4 Å². The number of aryl methyl sites for hydroxylation is 2. The number of carbonyl (C=O) groups excluding carboxylic acids is 1. The molecular formula is C19H28N2O. The number of nitrogens with one attached hydrogen (secondary N) is 1. The summed E-state index contributed by atoms with van der Waals surface area (Å²) in [6, 6.07) is 4.51. The normalized spacial score (nSPS) is 22.9. The van der Waals surface area contributed by atoms with Crippen molar-refractivity contribution < 1.29 is 4.79 Å². The summed E-state index contributed by atoms with van der Waals surface area (Å²) in [5, 5.41) is 3.51. The molecule has 0 radical (unpaired) electrons. The number of amides is 1. The lowest BCUT2D eigenvalue weighted by Gasteiger charge is -2.25. The number of benzene rings is 1. The van der Waals surface area contributed by atoms with E-state index in [1.54, 1.807) is 0 Å². The van der Waals surface area contributed by atoms with Gasteiger partial charge in [-0.1, -0.05) is 18.6 Å². The van der Waals surface area contributed by atoms with Crippen molar-refractivity contribution >= 4 is 5.91 Å². The van der Waals surface area contributed by atoms with Crippen LogP contribution in [0.5, 0.6) is 0 Å². The highest BCUT2D eigenvalue weighted by Gasteiger charge is 2.24. The number of rotatable bonds is 2. The lowest BCUT2D eigenvalue weighted by Crippen LogP contribution is -2.38. The Hall–Kier alpha value is -1.35. The molecule has 0 aromatic heterocycles. The first kappa shape index (κ1) is 15.5. The number of nitrogens with zero attached hydrogens (tertiary/aromatic N) is 1. The molecule has 3 rings (SSSR count). The highest BCUT2D eigenvalue weighted by atomic mass is 16.2. The second kappa shape index (κ2) is 6.82. The van der Waals surface area contributed by atoms with Crippen LogP contribution in [-0.4, -0.2) is 37.0 Å². The molecule has 2 aliphatic heterocycles. The fourth-order valence-electron chi connectivity index (χ4n) is 3.74. The average molecular weight is 300 g/mol. The summed E-state index contributed by atoms with van der Waals surface area (Å²) < 4.78 is 0. The third-order valence-electron chi connectivity index (χ3n) is 5.29. The van der Waals surface area contributed by atoms with E-state index < -0.39 is 0 Å². The van der Waals surface area contributed by atoms with Crippen LogP contribution in [0.15, 0.2) is 12.1 Å². The summed E-state index contributed by atoms with van der Waals surface area (Å²) in [5.41, 5.74) is 5.26. The van der Waals surface area contributed by atoms with E-state index in [0.29, 0.717) is 18.2 Å². The van der Waals surface area contributed by atoms with Crippen LogP contribution in [0.1, 0.15) is 41.5 Å². The van der Waals surface area contributed by atoms with Gasteiger partial charge in [0, 0.05) is 13.1 Å². The molecule has 1 amide bonds. The number of fused-ring (bicyclic) bond motifs is 1. The van der Waals surface area contributed by atoms with Crippen LogP contribution in [-0.2, 0) is 17.6 Å². The molecule has 0 bridgehead atoms. The summed E-state index contributed by atoms with van der Waals surface area (Å²) in [5.74, 6) is 0.933. The standard InChI is InChI=1S/C19H28N2O/c1-14-9-17-6-8-21(13-16-5-3-4-7-20-12-16)19(22)11-18(17)10-15(14)2/h9-10,16,20H,3-8,11-13H2,1-2H3. The SMILES string of the molecule is Cc1cc2c(cc1C)CC(=O)N(CC1CCCCNC1)CC2. The van der Waals surface area contributed by atoms with Gasteiger partial charge >= 0.3 is 0 Å². The van der Waals surface area contributed by atoms with Crippen molar-refractivity contribution in [1.82, 2.24) is 10.2 Å². The molecule has 1 saturated heterocycles. The lowest BCUT2D eigenvalue weighted by molar-refractivity contribution is -0.130. The third kappa shape index (κ3) is 3.52. The van der Waals surface area contributed by atoms with Crippen molar-refractivity contribution in [1.29, 1.82) is 0 Å². The Morgan fingerprint density at radius 2 is 1.95 bits per heavy atom. The predicted octanol–water partition coefficient (Wildman–Crippen LogP) is 2.62. The predicted molar refractivity (Wildman–Crippen MR) is 90.1 cm³/mol. The molecule has 3 nitrogen and oxygen atoms in total. The van der Waals surface area contributed by atoms with Gasteiger partial charge in [0.1, 0.15) is 0 Å². The maximum Gasteiger partial charge on any atom is 0.227 e. The second-order valence-electron chi connectivity index (χ2n) is 7.04. The van der Waals surface area contributed by atoms with Crippen molar-refractivity contribution in [2.45, 2.75) is 46.0 Å². The average Bonchev–Trinajstić information content (AvgIpc) is 2.82. The lowest BCUT2D eigenvalue weighted by atomic mass is 9.97. The van der Waals surface area contributed by atoms with E-state index in [0.717, 1.165) is 32.6 Å². The topological polar surface area (TPSA) is 32.3 Å². The van der Waals surface area contributed by atoms with Crippen LogP contribution in [0.3, 0.4) is 0 Å². The maximum atomic E-state index is 12.6. The maximum absolute atomic E-state index is 12.6. The van der Waals surface area contributed by atoms with Crippen LogP contribution in [0.2, 0.25) is 0 Å². The first-order valence-corrected chi connectivity index (χ1v) is 8.71. The van der Waals surface area contributed by atoms with Crippen molar-refractivity contribution in [3.8, 4) is 0 Å². The Kier molecular flexibility index (Phi) is 4.82. The van der Waals surface area contributed by atoms with Crippen LogP contribution < -0.4 is 5.32 Å². The molecule has 120 valence electrons. The smallest absolute Gasteiger partial charge is 0.227 e. The molecule has 3 heteroatoms. The van der Waals surface area contributed by atoms with E-state index in [2.05, 4.69) is 36.2 Å². The van der Waals surface area contributed by atoms with Gasteiger partial charge in [0.05, 0.1) is 6.42 Å². The van der Waals surface area contributed by atoms with Gasteiger partial charge in [0.2, 0.25) is 5.91 Å². The largest absolute Gasteiger partial charge is 0.342 e. The fourth-order valence-corrected chi connectivity index (χ4v) is 3.74. The van der Waals surface area contributed by atoms with Gasteiger partial charge in [0.25, 0.3) is 0 Å². The molecule has 1 aromatic rings. The monoisotopic (exact) mass is 300 g/mol. The van der Waals surface area contributed by atoms with Crippen LogP contribution >= 0.6 is 0 Å². The van der Waals surface area contributed by atoms with Crippen LogP contribution in [0.25, 0.3) is 0 Å². The third-order valence-corrected chi connectivity index (χ3v) is 5.29. The van der Waals surface area contributed by atoms with Gasteiger partial charge in [-0.15, -0.1) is 0 Å². The molecule has 0 spiro atoms. The molecule has 2 aliphatic rings. The number of hydrogen-bond donors (Lipinski definition) is 1. The Balaban J connectivity index is 1.70. The Bertz CT molecular complexity index is 545. The molecule has 0 saturated carbocycles. The zero-order valence-electron chi connectivity index (χ0n) is 14.0. The number of carbonyl (C=O) groups is 1. The summed E-state index contributed by atoms with van der Waals surface area (Å²) in [6.07, 6.45) is 5.40. The van der Waals surface area contributed by atoms with Crippen molar-refractivity contribution in [3.63, 3.8) is 0 Å². The molecule has 1 N–H and O–H groups in total. The fraction of sp³-hybridized carbons (Fsp3) is 0.632. The van der Waals surface area contributed by atoms with Gasteiger partial charge in [0.15, 0.2) is 0 Å². The molecule has 1 atom stereocenters. The molecule has 1 unspecified atom stereocenters. The molecule has 22 heavy (non-hydrogen) atoms. The Labute approximate surface area is 134 Å². The van der Waals surface area contributed by atoms with Crippen LogP contribution in [0.4, 0.5) is 0 Å². The van der Waals surface area contributed by atoms with Gasteiger partial charge in [-0.25, -0.2) is 0 Å². The minimum absolute atomic E-state index is 0.311. The molecule has 1 aromatic carbocycles. The molecule has 2 heterocycles. The van der Waals surface area contributed by atoms with Crippen molar-refractivity contribution in [2.24, 2.45) is 5.92 Å². The minimum atomic E-state index is 0.311. The highest BCUT2D eigenvalue weighted by Crippen LogP contribution is 2.22. The Morgan fingerprint density at radius 3 is 2.77 bits per heavy atom. The van der Waals surface area contributed by atoms with E-state index in [9.17, 15) is 4.79 Å². The van der Waals surface area contributed by atoms with E-state index in [4.69, 9.17) is 0 Å². The highest BCUT2D eigenvalue weighted by molar-refractivity contribution is 5.80. The van der Waals surface area contributed by atoms with E-state index >= 15 is 0 Å². The molecule has 1 fully saturated rings. The summed E-state index contributed by atoms with van der Waals surface area (Å²) in [6.45, 7) is 8.31. The first-order chi connectivity index (χ1) is 10.6. The molecular weight excluding hydrogens is 272 g/mol. The molecule has 0 aliphatic carbocycles. The van der Waals surface area contributed by atoms with E-state index in [-0.39, 0.29) is 0 Å². The first-order valence-electron chi connectivity index (χ1n) is 8.71. The van der Waals surface area contributed by atoms with E-state index in [1.165, 1.54) is 41.5 Å².